The highest BCUT2D eigenvalue weighted by Crippen LogP contribution is 2.33. The van der Waals surface area contributed by atoms with Gasteiger partial charge in [-0.05, 0) is 68.1 Å². The van der Waals surface area contributed by atoms with Crippen LogP contribution in [0, 0.1) is 5.82 Å². The number of aryl methyl sites for hydroxylation is 1. The van der Waals surface area contributed by atoms with Crippen LogP contribution in [0.2, 0.25) is 0 Å². The topological polar surface area (TPSA) is 67.9 Å². The zero-order valence-electron chi connectivity index (χ0n) is 21.5. The summed E-state index contributed by atoms with van der Waals surface area (Å²) in [6.07, 6.45) is 1.04. The summed E-state index contributed by atoms with van der Waals surface area (Å²) < 4.78 is 24.4. The van der Waals surface area contributed by atoms with Gasteiger partial charge < -0.3 is 19.7 Å². The summed E-state index contributed by atoms with van der Waals surface area (Å²) in [5.74, 6) is 0.618. The van der Waals surface area contributed by atoms with Crippen molar-refractivity contribution in [2.24, 2.45) is 0 Å². The van der Waals surface area contributed by atoms with Crippen LogP contribution in [0.1, 0.15) is 43.9 Å². The van der Waals surface area contributed by atoms with Gasteiger partial charge in [-0.1, -0.05) is 48.5 Å². The van der Waals surface area contributed by atoms with Gasteiger partial charge in [0, 0.05) is 24.9 Å². The molecule has 0 fully saturated rings. The number of fused-ring (bicyclic) bond motifs is 1. The molecule has 0 bridgehead atoms. The van der Waals surface area contributed by atoms with Gasteiger partial charge in [-0.25, -0.2) is 4.39 Å². The zero-order valence-corrected chi connectivity index (χ0v) is 21.5. The Bertz CT molecular complexity index is 1220. The normalized spacial score (nSPS) is 13.2. The van der Waals surface area contributed by atoms with Crippen LogP contribution in [0.15, 0.2) is 72.8 Å². The monoisotopic (exact) mass is 504 g/mol. The number of amides is 2. The average molecular weight is 505 g/mol. The molecule has 7 heteroatoms. The van der Waals surface area contributed by atoms with E-state index in [1.807, 2.05) is 69.3 Å². The number of carbonyl (C=O) groups is 2. The molecular formula is C30H33FN2O4. The SMILES string of the molecule is CC(C)(C)NC(=O)C(Cc1ccccc1)N(Cc1ccc(F)cc1)C(=O)CCc1ccc2c(c1)OCO2. The van der Waals surface area contributed by atoms with Gasteiger partial charge in [-0.15, -0.1) is 0 Å². The van der Waals surface area contributed by atoms with Gasteiger partial charge in [-0.2, -0.15) is 0 Å². The van der Waals surface area contributed by atoms with E-state index >= 15 is 0 Å². The van der Waals surface area contributed by atoms with Crippen LogP contribution in [0.25, 0.3) is 0 Å². The number of ether oxygens (including phenoxy) is 2. The summed E-state index contributed by atoms with van der Waals surface area (Å²) >= 11 is 0. The Morgan fingerprint density at radius 2 is 1.59 bits per heavy atom. The van der Waals surface area contributed by atoms with Crippen molar-refractivity contribution in [2.45, 2.75) is 58.2 Å². The maximum absolute atomic E-state index is 13.7. The van der Waals surface area contributed by atoms with Crippen molar-refractivity contribution in [3.63, 3.8) is 0 Å². The van der Waals surface area contributed by atoms with Crippen molar-refractivity contribution in [3.8, 4) is 11.5 Å². The molecule has 194 valence electrons. The summed E-state index contributed by atoms with van der Waals surface area (Å²) in [5, 5.41) is 3.05. The fourth-order valence-electron chi connectivity index (χ4n) is 4.28. The Morgan fingerprint density at radius 1 is 0.919 bits per heavy atom. The fourth-order valence-corrected chi connectivity index (χ4v) is 4.28. The maximum Gasteiger partial charge on any atom is 0.243 e. The molecule has 1 N–H and O–H groups in total. The standard InChI is InChI=1S/C30H33FN2O4/c1-30(2,3)32-29(35)25(17-21-7-5-4-6-8-21)33(19-23-9-13-24(31)14-10-23)28(34)16-12-22-11-15-26-27(18-22)37-20-36-26/h4-11,13-15,18,25H,12,16-17,19-20H2,1-3H3,(H,32,35). The van der Waals surface area contributed by atoms with Crippen molar-refractivity contribution in [3.05, 3.63) is 95.3 Å². The van der Waals surface area contributed by atoms with Crippen molar-refractivity contribution < 1.29 is 23.5 Å². The second-order valence-corrected chi connectivity index (χ2v) is 10.3. The number of hydrogen-bond donors (Lipinski definition) is 1. The van der Waals surface area contributed by atoms with Crippen molar-refractivity contribution >= 4 is 11.8 Å². The first-order valence-corrected chi connectivity index (χ1v) is 12.5. The van der Waals surface area contributed by atoms with E-state index < -0.39 is 11.6 Å². The summed E-state index contributed by atoms with van der Waals surface area (Å²) in [5.41, 5.74) is 2.17. The quantitative estimate of drug-likeness (QED) is 0.443. The molecule has 2 amide bonds. The lowest BCUT2D eigenvalue weighted by atomic mass is 9.99. The van der Waals surface area contributed by atoms with Gasteiger partial charge >= 0.3 is 0 Å². The molecule has 6 nitrogen and oxygen atoms in total. The molecule has 0 aliphatic carbocycles. The predicted octanol–water partition coefficient (Wildman–Crippen LogP) is 5.04. The number of benzene rings is 3. The van der Waals surface area contributed by atoms with Gasteiger partial charge in [0.05, 0.1) is 0 Å². The van der Waals surface area contributed by atoms with E-state index in [0.29, 0.717) is 24.3 Å². The third-order valence-electron chi connectivity index (χ3n) is 6.10. The van der Waals surface area contributed by atoms with E-state index in [9.17, 15) is 14.0 Å². The van der Waals surface area contributed by atoms with E-state index in [1.54, 1.807) is 17.0 Å². The number of rotatable bonds is 9. The van der Waals surface area contributed by atoms with E-state index in [-0.39, 0.29) is 37.4 Å². The minimum Gasteiger partial charge on any atom is -0.454 e. The molecule has 4 rings (SSSR count). The molecule has 0 saturated carbocycles. The molecule has 1 aliphatic heterocycles. The van der Waals surface area contributed by atoms with Gasteiger partial charge in [0.2, 0.25) is 18.6 Å². The lowest BCUT2D eigenvalue weighted by Crippen LogP contribution is -2.54. The van der Waals surface area contributed by atoms with Gasteiger partial charge in [0.25, 0.3) is 0 Å². The molecule has 0 saturated heterocycles. The van der Waals surface area contributed by atoms with Crippen molar-refractivity contribution in [1.29, 1.82) is 0 Å². The van der Waals surface area contributed by atoms with Crippen LogP contribution in [0.5, 0.6) is 11.5 Å². The highest BCUT2D eigenvalue weighted by Gasteiger charge is 2.32. The minimum atomic E-state index is -0.740. The van der Waals surface area contributed by atoms with Gasteiger partial charge in [-0.3, -0.25) is 9.59 Å². The summed E-state index contributed by atoms with van der Waals surface area (Å²) in [7, 11) is 0. The summed E-state index contributed by atoms with van der Waals surface area (Å²) in [6.45, 7) is 6.12. The average Bonchev–Trinajstić information content (AvgIpc) is 3.33. The molecule has 3 aromatic carbocycles. The van der Waals surface area contributed by atoms with Crippen LogP contribution in [-0.2, 0) is 29.0 Å². The maximum atomic E-state index is 13.7. The Hall–Kier alpha value is -3.87. The molecule has 37 heavy (non-hydrogen) atoms. The van der Waals surface area contributed by atoms with E-state index in [4.69, 9.17) is 9.47 Å². The van der Waals surface area contributed by atoms with Crippen molar-refractivity contribution in [1.82, 2.24) is 10.2 Å². The molecule has 0 spiro atoms. The van der Waals surface area contributed by atoms with Crippen LogP contribution in [0.3, 0.4) is 0 Å². The van der Waals surface area contributed by atoms with Crippen LogP contribution in [0.4, 0.5) is 4.39 Å². The first-order valence-electron chi connectivity index (χ1n) is 12.5. The first-order chi connectivity index (χ1) is 17.7. The Labute approximate surface area is 217 Å². The third-order valence-corrected chi connectivity index (χ3v) is 6.10. The molecule has 0 aromatic heterocycles. The number of carbonyl (C=O) groups excluding carboxylic acids is 2. The highest BCUT2D eigenvalue weighted by molar-refractivity contribution is 5.88. The lowest BCUT2D eigenvalue weighted by Gasteiger charge is -2.34. The Morgan fingerprint density at radius 3 is 2.30 bits per heavy atom. The Kier molecular flexibility index (Phi) is 8.11. The first kappa shape index (κ1) is 26.2. The number of hydrogen-bond acceptors (Lipinski definition) is 4. The van der Waals surface area contributed by atoms with Crippen LogP contribution in [-0.4, -0.2) is 35.1 Å². The molecule has 1 aliphatic rings. The number of nitrogens with one attached hydrogen (secondary N) is 1. The number of halogens is 1. The molecule has 1 heterocycles. The fraction of sp³-hybridized carbons (Fsp3) is 0.333. The highest BCUT2D eigenvalue weighted by atomic mass is 19.1. The zero-order chi connectivity index (χ0) is 26.4. The third kappa shape index (κ3) is 7.32. The van der Waals surface area contributed by atoms with E-state index in [2.05, 4.69) is 5.32 Å². The smallest absolute Gasteiger partial charge is 0.243 e. The molecular weight excluding hydrogens is 471 g/mol. The minimum absolute atomic E-state index is 0.160. The molecule has 1 unspecified atom stereocenters. The van der Waals surface area contributed by atoms with Gasteiger partial charge in [0.15, 0.2) is 11.5 Å². The molecule has 3 aromatic rings. The Balaban J connectivity index is 1.60. The van der Waals surface area contributed by atoms with E-state index in [1.165, 1.54) is 12.1 Å². The second-order valence-electron chi connectivity index (χ2n) is 10.3. The summed E-state index contributed by atoms with van der Waals surface area (Å²) in [4.78, 5) is 28.9. The predicted molar refractivity (Wildman–Crippen MR) is 140 cm³/mol. The van der Waals surface area contributed by atoms with Crippen LogP contribution < -0.4 is 14.8 Å². The second kappa shape index (κ2) is 11.5. The van der Waals surface area contributed by atoms with Crippen molar-refractivity contribution in [2.75, 3.05) is 6.79 Å². The molecule has 0 radical (unpaired) electrons. The lowest BCUT2D eigenvalue weighted by molar-refractivity contribution is -0.141. The van der Waals surface area contributed by atoms with Crippen LogP contribution >= 0.6 is 0 Å². The van der Waals surface area contributed by atoms with Gasteiger partial charge in [0.1, 0.15) is 11.9 Å². The number of nitrogens with zero attached hydrogens (tertiary/aromatic N) is 1. The molecule has 1 atom stereocenters. The van der Waals surface area contributed by atoms with E-state index in [0.717, 1.165) is 16.7 Å². The largest absolute Gasteiger partial charge is 0.454 e. The summed E-state index contributed by atoms with van der Waals surface area (Å²) in [6, 6.07) is 20.6.